The Labute approximate surface area is 123 Å². The fourth-order valence-electron chi connectivity index (χ4n) is 2.44. The predicted octanol–water partition coefficient (Wildman–Crippen LogP) is 3.33. The highest BCUT2D eigenvalue weighted by atomic mass is 19.2. The minimum Gasteiger partial charge on any atom is -0.496 e. The van der Waals surface area contributed by atoms with Gasteiger partial charge in [-0.05, 0) is 48.6 Å². The number of benzene rings is 2. The highest BCUT2D eigenvalue weighted by Gasteiger charge is 2.15. The van der Waals surface area contributed by atoms with Crippen LogP contribution in [-0.2, 0) is 12.8 Å². The zero-order valence-corrected chi connectivity index (χ0v) is 12.0. The minimum atomic E-state index is -0.819. The fourth-order valence-corrected chi connectivity index (χ4v) is 2.44. The standard InChI is InChI=1S/C17H19F2NO/c1-21-16-8-3-2-5-13(16)9-12(11-20)10-14-6-4-7-15(18)17(14)19/h2-8,12H,9-11,20H2,1H3. The number of halogens is 2. The summed E-state index contributed by atoms with van der Waals surface area (Å²) in [5, 5.41) is 0. The van der Waals surface area contributed by atoms with Crippen LogP contribution in [0.1, 0.15) is 11.1 Å². The quantitative estimate of drug-likeness (QED) is 0.886. The molecule has 0 saturated heterocycles. The molecule has 112 valence electrons. The SMILES string of the molecule is COc1ccccc1CC(CN)Cc1cccc(F)c1F. The first kappa shape index (κ1) is 15.4. The Hall–Kier alpha value is -1.94. The topological polar surface area (TPSA) is 35.2 Å². The lowest BCUT2D eigenvalue weighted by atomic mass is 9.92. The molecule has 0 saturated carbocycles. The average Bonchev–Trinajstić information content (AvgIpc) is 2.51. The molecule has 2 N–H and O–H groups in total. The predicted molar refractivity (Wildman–Crippen MR) is 79.3 cm³/mol. The van der Waals surface area contributed by atoms with Crippen molar-refractivity contribution in [3.63, 3.8) is 0 Å². The molecule has 0 heterocycles. The number of hydrogen-bond donors (Lipinski definition) is 1. The van der Waals surface area contributed by atoms with Crippen LogP contribution in [0.15, 0.2) is 42.5 Å². The number of ether oxygens (including phenoxy) is 1. The minimum absolute atomic E-state index is 0.0256. The van der Waals surface area contributed by atoms with Crippen molar-refractivity contribution >= 4 is 0 Å². The van der Waals surface area contributed by atoms with Crippen LogP contribution in [0.25, 0.3) is 0 Å². The van der Waals surface area contributed by atoms with Crippen molar-refractivity contribution in [3.8, 4) is 5.75 Å². The number of hydrogen-bond acceptors (Lipinski definition) is 2. The third kappa shape index (κ3) is 3.79. The Balaban J connectivity index is 2.15. The molecule has 2 aromatic carbocycles. The molecule has 2 nitrogen and oxygen atoms in total. The fraction of sp³-hybridized carbons (Fsp3) is 0.294. The largest absolute Gasteiger partial charge is 0.496 e. The summed E-state index contributed by atoms with van der Waals surface area (Å²) >= 11 is 0. The van der Waals surface area contributed by atoms with Gasteiger partial charge in [0, 0.05) is 0 Å². The van der Waals surface area contributed by atoms with Crippen molar-refractivity contribution in [2.45, 2.75) is 12.8 Å². The van der Waals surface area contributed by atoms with Crippen molar-refractivity contribution in [2.24, 2.45) is 11.7 Å². The molecule has 2 aromatic rings. The van der Waals surface area contributed by atoms with Gasteiger partial charge in [-0.3, -0.25) is 0 Å². The molecule has 1 unspecified atom stereocenters. The monoisotopic (exact) mass is 291 g/mol. The van der Waals surface area contributed by atoms with Gasteiger partial charge in [0.15, 0.2) is 11.6 Å². The van der Waals surface area contributed by atoms with E-state index in [4.69, 9.17) is 10.5 Å². The van der Waals surface area contributed by atoms with E-state index in [1.807, 2.05) is 24.3 Å². The van der Waals surface area contributed by atoms with Gasteiger partial charge in [-0.25, -0.2) is 8.78 Å². The summed E-state index contributed by atoms with van der Waals surface area (Å²) in [5.41, 5.74) is 7.17. The molecular formula is C17H19F2NO. The van der Waals surface area contributed by atoms with Crippen molar-refractivity contribution < 1.29 is 13.5 Å². The Morgan fingerprint density at radius 1 is 1.00 bits per heavy atom. The molecule has 0 bridgehead atoms. The molecule has 0 amide bonds. The van der Waals surface area contributed by atoms with Crippen LogP contribution in [0.2, 0.25) is 0 Å². The van der Waals surface area contributed by atoms with E-state index in [9.17, 15) is 8.78 Å². The van der Waals surface area contributed by atoms with Crippen LogP contribution in [-0.4, -0.2) is 13.7 Å². The van der Waals surface area contributed by atoms with Crippen molar-refractivity contribution in [2.75, 3.05) is 13.7 Å². The molecule has 0 spiro atoms. The van der Waals surface area contributed by atoms with E-state index in [1.54, 1.807) is 13.2 Å². The van der Waals surface area contributed by atoms with Crippen molar-refractivity contribution in [1.29, 1.82) is 0 Å². The van der Waals surface area contributed by atoms with Gasteiger partial charge in [-0.15, -0.1) is 0 Å². The van der Waals surface area contributed by atoms with Crippen LogP contribution >= 0.6 is 0 Å². The van der Waals surface area contributed by atoms with Crippen LogP contribution < -0.4 is 10.5 Å². The number of para-hydroxylation sites is 1. The van der Waals surface area contributed by atoms with Crippen LogP contribution in [0.5, 0.6) is 5.75 Å². The van der Waals surface area contributed by atoms with E-state index in [-0.39, 0.29) is 5.92 Å². The molecular weight excluding hydrogens is 272 g/mol. The second kappa shape index (κ2) is 7.18. The number of rotatable bonds is 6. The Bertz CT molecular complexity index is 601. The summed E-state index contributed by atoms with van der Waals surface area (Å²) in [4.78, 5) is 0. The molecule has 0 radical (unpaired) electrons. The van der Waals surface area contributed by atoms with E-state index in [0.29, 0.717) is 24.9 Å². The molecule has 0 fully saturated rings. The maximum Gasteiger partial charge on any atom is 0.162 e. The normalized spacial score (nSPS) is 12.2. The third-order valence-electron chi connectivity index (χ3n) is 3.57. The van der Waals surface area contributed by atoms with E-state index < -0.39 is 11.6 Å². The Morgan fingerprint density at radius 3 is 2.38 bits per heavy atom. The maximum atomic E-state index is 13.7. The second-order valence-corrected chi connectivity index (χ2v) is 5.03. The highest BCUT2D eigenvalue weighted by molar-refractivity contribution is 5.33. The van der Waals surface area contributed by atoms with Crippen molar-refractivity contribution in [1.82, 2.24) is 0 Å². The van der Waals surface area contributed by atoms with E-state index in [1.165, 1.54) is 6.07 Å². The first-order chi connectivity index (χ1) is 10.2. The smallest absolute Gasteiger partial charge is 0.162 e. The summed E-state index contributed by atoms with van der Waals surface area (Å²) in [7, 11) is 1.61. The summed E-state index contributed by atoms with van der Waals surface area (Å²) in [6.07, 6.45) is 1.06. The summed E-state index contributed by atoms with van der Waals surface area (Å²) in [6, 6.07) is 11.9. The Kier molecular flexibility index (Phi) is 5.28. The lowest BCUT2D eigenvalue weighted by molar-refractivity contribution is 0.403. The zero-order valence-electron chi connectivity index (χ0n) is 12.0. The molecule has 0 aromatic heterocycles. The molecule has 2 rings (SSSR count). The van der Waals surface area contributed by atoms with Gasteiger partial charge >= 0.3 is 0 Å². The lowest BCUT2D eigenvalue weighted by Gasteiger charge is -2.17. The number of nitrogens with two attached hydrogens (primary N) is 1. The van der Waals surface area contributed by atoms with E-state index >= 15 is 0 Å². The molecule has 0 aliphatic carbocycles. The van der Waals surface area contributed by atoms with E-state index in [2.05, 4.69) is 0 Å². The maximum absolute atomic E-state index is 13.7. The van der Waals surface area contributed by atoms with Gasteiger partial charge < -0.3 is 10.5 Å². The third-order valence-corrected chi connectivity index (χ3v) is 3.57. The van der Waals surface area contributed by atoms with Gasteiger partial charge in [-0.1, -0.05) is 30.3 Å². The molecule has 0 aliphatic heterocycles. The molecule has 1 atom stereocenters. The van der Waals surface area contributed by atoms with Gasteiger partial charge in [0.2, 0.25) is 0 Å². The summed E-state index contributed by atoms with van der Waals surface area (Å²) in [6.45, 7) is 0.397. The van der Waals surface area contributed by atoms with Crippen molar-refractivity contribution in [3.05, 3.63) is 65.2 Å². The molecule has 4 heteroatoms. The van der Waals surface area contributed by atoms with E-state index in [0.717, 1.165) is 17.4 Å². The Morgan fingerprint density at radius 2 is 1.67 bits per heavy atom. The van der Waals surface area contributed by atoms with Gasteiger partial charge in [0.05, 0.1) is 7.11 Å². The zero-order chi connectivity index (χ0) is 15.2. The van der Waals surface area contributed by atoms with Crippen LogP contribution in [0.3, 0.4) is 0 Å². The lowest BCUT2D eigenvalue weighted by Crippen LogP contribution is -2.20. The average molecular weight is 291 g/mol. The first-order valence-corrected chi connectivity index (χ1v) is 6.90. The second-order valence-electron chi connectivity index (χ2n) is 5.03. The number of methoxy groups -OCH3 is 1. The molecule has 21 heavy (non-hydrogen) atoms. The van der Waals surface area contributed by atoms with Gasteiger partial charge in [-0.2, -0.15) is 0 Å². The van der Waals surface area contributed by atoms with Gasteiger partial charge in [0.25, 0.3) is 0 Å². The first-order valence-electron chi connectivity index (χ1n) is 6.90. The summed E-state index contributed by atoms with van der Waals surface area (Å²) < 4.78 is 32.3. The van der Waals surface area contributed by atoms with Crippen LogP contribution in [0.4, 0.5) is 8.78 Å². The highest BCUT2D eigenvalue weighted by Crippen LogP contribution is 2.23. The summed E-state index contributed by atoms with van der Waals surface area (Å²) in [5.74, 6) is -0.787. The van der Waals surface area contributed by atoms with Gasteiger partial charge in [0.1, 0.15) is 5.75 Å². The molecule has 0 aliphatic rings. The van der Waals surface area contributed by atoms with Crippen LogP contribution in [0, 0.1) is 17.6 Å².